The van der Waals surface area contributed by atoms with E-state index in [4.69, 9.17) is 0 Å². The third-order valence-electron chi connectivity index (χ3n) is 4.33. The Morgan fingerprint density at radius 2 is 2.15 bits per heavy atom. The van der Waals surface area contributed by atoms with Gasteiger partial charge in [0.2, 0.25) is 5.91 Å². The van der Waals surface area contributed by atoms with E-state index in [-0.39, 0.29) is 11.8 Å². The minimum atomic E-state index is -0.0102. The van der Waals surface area contributed by atoms with Crippen molar-refractivity contribution in [1.82, 2.24) is 5.32 Å². The van der Waals surface area contributed by atoms with E-state index in [2.05, 4.69) is 10.6 Å². The molecule has 106 valence electrons. The van der Waals surface area contributed by atoms with Crippen molar-refractivity contribution in [3.05, 3.63) is 29.3 Å². The maximum absolute atomic E-state index is 12.1. The van der Waals surface area contributed by atoms with Crippen LogP contribution in [0.4, 0.5) is 5.69 Å². The number of hydrogen-bond donors (Lipinski definition) is 2. The van der Waals surface area contributed by atoms with E-state index < -0.39 is 0 Å². The lowest BCUT2D eigenvalue weighted by Gasteiger charge is -2.25. The minimum absolute atomic E-state index is 0.0102. The molecule has 0 aromatic heterocycles. The summed E-state index contributed by atoms with van der Waals surface area (Å²) in [6.45, 7) is 0.761. The van der Waals surface area contributed by atoms with Gasteiger partial charge in [0.05, 0.1) is 0 Å². The Kier molecular flexibility index (Phi) is 3.72. The van der Waals surface area contributed by atoms with E-state index in [1.54, 1.807) is 6.07 Å². The van der Waals surface area contributed by atoms with Gasteiger partial charge in [0, 0.05) is 24.2 Å². The van der Waals surface area contributed by atoms with E-state index in [0.29, 0.717) is 18.4 Å². The number of hydrogen-bond acceptors (Lipinski definition) is 2. The summed E-state index contributed by atoms with van der Waals surface area (Å²) in [5.74, 6) is 0.855. The van der Waals surface area contributed by atoms with Crippen molar-refractivity contribution in [2.45, 2.75) is 38.5 Å². The van der Waals surface area contributed by atoms with Gasteiger partial charge in [-0.25, -0.2) is 0 Å². The molecule has 0 bridgehead atoms. The second kappa shape index (κ2) is 5.65. The van der Waals surface area contributed by atoms with Gasteiger partial charge in [-0.3, -0.25) is 9.59 Å². The van der Waals surface area contributed by atoms with E-state index in [9.17, 15) is 9.59 Å². The number of rotatable bonds is 4. The lowest BCUT2D eigenvalue weighted by molar-refractivity contribution is -0.116. The van der Waals surface area contributed by atoms with Gasteiger partial charge in [0.1, 0.15) is 0 Å². The highest BCUT2D eigenvalue weighted by atomic mass is 16.2. The maximum atomic E-state index is 12.1. The molecular weight excluding hydrogens is 252 g/mol. The molecule has 0 spiro atoms. The first-order valence-electron chi connectivity index (χ1n) is 7.43. The third kappa shape index (κ3) is 2.84. The Balaban J connectivity index is 1.58. The van der Waals surface area contributed by atoms with Gasteiger partial charge in [-0.1, -0.05) is 19.3 Å². The number of aryl methyl sites for hydroxylation is 1. The van der Waals surface area contributed by atoms with Crippen LogP contribution in [0.15, 0.2) is 18.2 Å². The van der Waals surface area contributed by atoms with Gasteiger partial charge < -0.3 is 10.6 Å². The zero-order valence-electron chi connectivity index (χ0n) is 11.6. The van der Waals surface area contributed by atoms with Crippen LogP contribution in [0.1, 0.15) is 48.0 Å². The molecule has 1 fully saturated rings. The first kappa shape index (κ1) is 13.2. The molecular formula is C16H20N2O2. The number of benzene rings is 1. The first-order valence-corrected chi connectivity index (χ1v) is 7.43. The molecule has 2 aliphatic rings. The van der Waals surface area contributed by atoms with Gasteiger partial charge in [-0.15, -0.1) is 0 Å². The molecule has 1 aromatic carbocycles. The second-order valence-electron chi connectivity index (χ2n) is 5.76. The Morgan fingerprint density at radius 3 is 2.90 bits per heavy atom. The largest absolute Gasteiger partial charge is 0.352 e. The molecule has 1 aliphatic heterocycles. The predicted molar refractivity (Wildman–Crippen MR) is 77.7 cm³/mol. The third-order valence-corrected chi connectivity index (χ3v) is 4.33. The Bertz CT molecular complexity index is 535. The zero-order valence-corrected chi connectivity index (χ0v) is 11.6. The molecule has 4 heteroatoms. The summed E-state index contributed by atoms with van der Waals surface area (Å²) in [5.41, 5.74) is 2.58. The zero-order chi connectivity index (χ0) is 13.9. The van der Waals surface area contributed by atoms with Crippen LogP contribution in [0, 0.1) is 5.92 Å². The van der Waals surface area contributed by atoms with Gasteiger partial charge in [0.15, 0.2) is 0 Å². The molecule has 0 saturated heterocycles. The summed E-state index contributed by atoms with van der Waals surface area (Å²) < 4.78 is 0. The number of fused-ring (bicyclic) bond motifs is 1. The van der Waals surface area contributed by atoms with Crippen LogP contribution in [0.2, 0.25) is 0 Å². The number of nitrogens with one attached hydrogen (secondary N) is 2. The molecule has 20 heavy (non-hydrogen) atoms. The van der Waals surface area contributed by atoms with Crippen LogP contribution in [-0.4, -0.2) is 18.4 Å². The van der Waals surface area contributed by atoms with Crippen molar-refractivity contribution in [3.63, 3.8) is 0 Å². The fourth-order valence-electron chi connectivity index (χ4n) is 2.80. The van der Waals surface area contributed by atoms with Crippen molar-refractivity contribution in [1.29, 1.82) is 0 Å². The van der Waals surface area contributed by atoms with E-state index in [1.165, 1.54) is 19.3 Å². The SMILES string of the molecule is O=C1CCc2cc(C(=O)NCCC3CCC3)ccc2N1. The van der Waals surface area contributed by atoms with Gasteiger partial charge in [-0.2, -0.15) is 0 Å². The van der Waals surface area contributed by atoms with Crippen LogP contribution in [0.3, 0.4) is 0 Å². The molecule has 4 nitrogen and oxygen atoms in total. The topological polar surface area (TPSA) is 58.2 Å². The summed E-state index contributed by atoms with van der Waals surface area (Å²) in [6.07, 6.45) is 6.27. The average Bonchev–Trinajstić information content (AvgIpc) is 2.40. The minimum Gasteiger partial charge on any atom is -0.352 e. The smallest absolute Gasteiger partial charge is 0.251 e. The molecule has 0 atom stereocenters. The standard InChI is InChI=1S/C16H20N2O2/c19-15-7-5-12-10-13(4-6-14(12)18-15)16(20)17-9-8-11-2-1-3-11/h4,6,10-11H,1-3,5,7-9H2,(H,17,20)(H,18,19). The molecule has 1 aliphatic carbocycles. The Labute approximate surface area is 118 Å². The van der Waals surface area contributed by atoms with Crippen molar-refractivity contribution in [3.8, 4) is 0 Å². The number of anilines is 1. The average molecular weight is 272 g/mol. The number of amides is 2. The van der Waals surface area contributed by atoms with E-state index in [0.717, 1.165) is 30.1 Å². The van der Waals surface area contributed by atoms with Gasteiger partial charge in [0.25, 0.3) is 5.91 Å². The van der Waals surface area contributed by atoms with Crippen molar-refractivity contribution < 1.29 is 9.59 Å². The fourth-order valence-corrected chi connectivity index (χ4v) is 2.80. The molecule has 0 unspecified atom stereocenters. The van der Waals surface area contributed by atoms with Crippen LogP contribution >= 0.6 is 0 Å². The summed E-state index contributed by atoms with van der Waals surface area (Å²) in [7, 11) is 0. The van der Waals surface area contributed by atoms with E-state index >= 15 is 0 Å². The highest BCUT2D eigenvalue weighted by Crippen LogP contribution is 2.28. The monoisotopic (exact) mass is 272 g/mol. The highest BCUT2D eigenvalue weighted by Gasteiger charge is 2.18. The predicted octanol–water partition coefficient (Wildman–Crippen LogP) is 2.49. The second-order valence-corrected chi connectivity index (χ2v) is 5.76. The lowest BCUT2D eigenvalue weighted by atomic mass is 9.83. The fraction of sp³-hybridized carbons (Fsp3) is 0.500. The van der Waals surface area contributed by atoms with Crippen LogP contribution < -0.4 is 10.6 Å². The Hall–Kier alpha value is -1.84. The molecule has 1 aromatic rings. The quantitative estimate of drug-likeness (QED) is 0.884. The number of carbonyl (C=O) groups excluding carboxylic acids is 2. The van der Waals surface area contributed by atoms with Crippen LogP contribution in [0.25, 0.3) is 0 Å². The van der Waals surface area contributed by atoms with Crippen LogP contribution in [-0.2, 0) is 11.2 Å². The summed E-state index contributed by atoms with van der Waals surface area (Å²) >= 11 is 0. The van der Waals surface area contributed by atoms with Crippen molar-refractivity contribution in [2.24, 2.45) is 5.92 Å². The summed E-state index contributed by atoms with van der Waals surface area (Å²) in [6, 6.07) is 5.50. The van der Waals surface area contributed by atoms with E-state index in [1.807, 2.05) is 12.1 Å². The highest BCUT2D eigenvalue weighted by molar-refractivity contribution is 5.97. The molecule has 1 heterocycles. The maximum Gasteiger partial charge on any atom is 0.251 e. The first-order chi connectivity index (χ1) is 9.72. The van der Waals surface area contributed by atoms with Gasteiger partial charge >= 0.3 is 0 Å². The summed E-state index contributed by atoms with van der Waals surface area (Å²) in [5, 5.41) is 5.82. The van der Waals surface area contributed by atoms with Gasteiger partial charge in [-0.05, 0) is 42.5 Å². The summed E-state index contributed by atoms with van der Waals surface area (Å²) in [4.78, 5) is 23.4. The van der Waals surface area contributed by atoms with Crippen LogP contribution in [0.5, 0.6) is 0 Å². The molecule has 3 rings (SSSR count). The molecule has 0 radical (unpaired) electrons. The molecule has 1 saturated carbocycles. The van der Waals surface area contributed by atoms with Crippen molar-refractivity contribution in [2.75, 3.05) is 11.9 Å². The molecule has 2 N–H and O–H groups in total. The lowest BCUT2D eigenvalue weighted by Crippen LogP contribution is -2.28. The van der Waals surface area contributed by atoms with Crippen molar-refractivity contribution >= 4 is 17.5 Å². The molecule has 2 amide bonds. The number of carbonyl (C=O) groups is 2. The normalized spacial score (nSPS) is 17.9. The Morgan fingerprint density at radius 1 is 1.30 bits per heavy atom.